The van der Waals surface area contributed by atoms with Gasteiger partial charge in [-0.1, -0.05) is 62.4 Å². The van der Waals surface area contributed by atoms with E-state index in [2.05, 4.69) is 15.6 Å². The Morgan fingerprint density at radius 1 is 1.06 bits per heavy atom. The molecule has 1 aromatic heterocycles. The fourth-order valence-electron chi connectivity index (χ4n) is 6.98. The number of aromatic nitrogens is 1. The highest BCUT2D eigenvalue weighted by Gasteiger charge is 2.44. The third kappa shape index (κ3) is 7.58. The summed E-state index contributed by atoms with van der Waals surface area (Å²) >= 11 is 0. The summed E-state index contributed by atoms with van der Waals surface area (Å²) in [7, 11) is -4.19. The van der Waals surface area contributed by atoms with Gasteiger partial charge in [-0.15, -0.1) is 0 Å². The molecule has 0 bridgehead atoms. The third-order valence-corrected chi connectivity index (χ3v) is 11.4. The molecule has 13 heteroatoms. The summed E-state index contributed by atoms with van der Waals surface area (Å²) in [6.45, 7) is 4.34. The van der Waals surface area contributed by atoms with Gasteiger partial charge in [-0.25, -0.2) is 13.2 Å². The lowest BCUT2D eigenvalue weighted by Gasteiger charge is -2.31. The van der Waals surface area contributed by atoms with Crippen LogP contribution in [0.4, 0.5) is 10.5 Å². The molecule has 2 fully saturated rings. The van der Waals surface area contributed by atoms with Gasteiger partial charge in [0.2, 0.25) is 10.0 Å². The Balaban J connectivity index is 1.13. The molecule has 3 aliphatic rings. The molecule has 51 heavy (non-hydrogen) atoms. The zero-order valence-corrected chi connectivity index (χ0v) is 29.3. The number of amides is 2. The molecule has 0 aliphatic carbocycles. The average Bonchev–Trinajstić information content (AvgIpc) is 3.89. The van der Waals surface area contributed by atoms with E-state index in [1.165, 1.54) is 16.4 Å². The van der Waals surface area contributed by atoms with Gasteiger partial charge in [0.1, 0.15) is 6.10 Å². The maximum atomic E-state index is 14.4. The molecule has 7 rings (SSSR count). The van der Waals surface area contributed by atoms with Gasteiger partial charge < -0.3 is 34.9 Å². The van der Waals surface area contributed by atoms with Crippen LogP contribution in [0.2, 0.25) is 0 Å². The molecule has 4 aromatic rings. The van der Waals surface area contributed by atoms with E-state index in [4.69, 9.17) is 14.2 Å². The van der Waals surface area contributed by atoms with E-state index in [1.807, 2.05) is 74.5 Å². The van der Waals surface area contributed by atoms with Crippen LogP contribution in [0.3, 0.4) is 0 Å². The van der Waals surface area contributed by atoms with Crippen LogP contribution in [-0.2, 0) is 35.4 Å². The summed E-state index contributed by atoms with van der Waals surface area (Å²) in [5.74, 6) is -0.485. The first-order chi connectivity index (χ1) is 24.5. The highest BCUT2D eigenvalue weighted by molar-refractivity contribution is 7.89. The number of nitrogens with one attached hydrogen (secondary N) is 3. The van der Waals surface area contributed by atoms with Crippen molar-refractivity contribution in [3.63, 3.8) is 0 Å². The molecule has 3 aromatic carbocycles. The molecular formula is C38H42N4O8S. The number of H-pyrrole nitrogens is 1. The van der Waals surface area contributed by atoms with Crippen molar-refractivity contribution >= 4 is 50.3 Å². The van der Waals surface area contributed by atoms with Crippen LogP contribution in [0.1, 0.15) is 37.1 Å². The van der Waals surface area contributed by atoms with Gasteiger partial charge in [-0.2, -0.15) is 4.31 Å². The van der Waals surface area contributed by atoms with E-state index in [-0.39, 0.29) is 48.8 Å². The second-order valence-corrected chi connectivity index (χ2v) is 15.7. The molecule has 268 valence electrons. The number of anilines is 1. The first-order valence-electron chi connectivity index (χ1n) is 17.2. The monoisotopic (exact) mass is 714 g/mol. The van der Waals surface area contributed by atoms with Crippen molar-refractivity contribution in [2.24, 2.45) is 11.8 Å². The molecule has 4 heterocycles. The number of sulfonamides is 1. The molecule has 0 radical (unpaired) electrons. The average molecular weight is 715 g/mol. The Bertz CT molecular complexity index is 2010. The van der Waals surface area contributed by atoms with Crippen LogP contribution < -0.4 is 10.6 Å². The van der Waals surface area contributed by atoms with Gasteiger partial charge in [0, 0.05) is 35.6 Å². The standard InChI is InChI=1S/C38H42N4O8S/c1-23(2)20-42(21-34(43)33(16-24-8-4-3-5-9-24)41-38(45)50-35-22-49-37-28(35)14-15-48-37)51(46,47)27-12-13-32-29(19-27)30(36(44)40-32)18-26-17-25-10-6-7-11-31(25)39-26/h3-13,17-19,23,28,33-35,37,39,43H,14-16,20-22H2,1-2H3,(H,40,44)(H,41,45)/b30-18-. The zero-order valence-electron chi connectivity index (χ0n) is 28.5. The molecule has 0 spiro atoms. The maximum absolute atomic E-state index is 14.4. The number of hydrogen-bond acceptors (Lipinski definition) is 8. The largest absolute Gasteiger partial charge is 0.443 e. The Morgan fingerprint density at radius 3 is 2.63 bits per heavy atom. The highest BCUT2D eigenvalue weighted by Crippen LogP contribution is 2.36. The van der Waals surface area contributed by atoms with E-state index in [9.17, 15) is 23.1 Å². The number of aliphatic hydroxyl groups excluding tert-OH is 1. The molecule has 0 saturated carbocycles. The van der Waals surface area contributed by atoms with Crippen LogP contribution >= 0.6 is 0 Å². The fraction of sp³-hybridized carbons (Fsp3) is 0.368. The normalized spacial score (nSPS) is 21.9. The summed E-state index contributed by atoms with van der Waals surface area (Å²) < 4.78 is 46.8. The Labute approximate surface area is 296 Å². The number of para-hydroxylation sites is 1. The van der Waals surface area contributed by atoms with Crippen molar-refractivity contribution in [1.82, 2.24) is 14.6 Å². The minimum Gasteiger partial charge on any atom is -0.443 e. The number of ether oxygens (including phenoxy) is 3. The first-order valence-corrected chi connectivity index (χ1v) is 18.7. The number of rotatable bonds is 12. The predicted molar refractivity (Wildman–Crippen MR) is 192 cm³/mol. The molecule has 12 nitrogen and oxygen atoms in total. The van der Waals surface area contributed by atoms with E-state index in [0.29, 0.717) is 35.5 Å². The van der Waals surface area contributed by atoms with Crippen LogP contribution in [-0.4, -0.2) is 85.7 Å². The molecule has 5 unspecified atom stereocenters. The van der Waals surface area contributed by atoms with Crippen molar-refractivity contribution in [3.05, 3.63) is 95.7 Å². The van der Waals surface area contributed by atoms with Crippen molar-refractivity contribution in [2.75, 3.05) is 31.6 Å². The molecular weight excluding hydrogens is 673 g/mol. The van der Waals surface area contributed by atoms with Crippen molar-refractivity contribution < 1.29 is 37.3 Å². The van der Waals surface area contributed by atoms with Gasteiger partial charge in [-0.05, 0) is 66.1 Å². The summed E-state index contributed by atoms with van der Waals surface area (Å²) in [5.41, 5.74) is 3.77. The van der Waals surface area contributed by atoms with Gasteiger partial charge in [0.25, 0.3) is 5.91 Å². The van der Waals surface area contributed by atoms with Crippen LogP contribution in [0, 0.1) is 11.8 Å². The Hall–Kier alpha value is -4.53. The second kappa shape index (κ2) is 14.6. The number of alkyl carbamates (subject to hydrolysis) is 1. The molecule has 2 amide bonds. The summed E-state index contributed by atoms with van der Waals surface area (Å²) in [5, 5.41) is 18.3. The van der Waals surface area contributed by atoms with Crippen LogP contribution in [0.5, 0.6) is 0 Å². The smallest absolute Gasteiger partial charge is 0.407 e. The number of carbonyl (C=O) groups excluding carboxylic acids is 2. The lowest BCUT2D eigenvalue weighted by molar-refractivity contribution is -0.110. The number of hydrogen-bond donors (Lipinski definition) is 4. The van der Waals surface area contributed by atoms with E-state index < -0.39 is 40.7 Å². The molecule has 5 atom stereocenters. The fourth-order valence-corrected chi connectivity index (χ4v) is 8.63. The summed E-state index contributed by atoms with van der Waals surface area (Å²) in [4.78, 5) is 29.5. The SMILES string of the molecule is CC(C)CN(CC(O)C(Cc1ccccc1)NC(=O)OC1COC2OCCC12)S(=O)(=O)c1ccc2c(c1)/C(=C/c1cc3ccccc3[nH]1)C(=O)N2. The second-order valence-electron chi connectivity index (χ2n) is 13.7. The molecule has 2 saturated heterocycles. The summed E-state index contributed by atoms with van der Waals surface area (Å²) in [6, 6.07) is 22.7. The Morgan fingerprint density at radius 2 is 1.84 bits per heavy atom. The van der Waals surface area contributed by atoms with E-state index in [1.54, 1.807) is 12.1 Å². The van der Waals surface area contributed by atoms with E-state index >= 15 is 0 Å². The van der Waals surface area contributed by atoms with Gasteiger partial charge in [-0.3, -0.25) is 4.79 Å². The molecule has 4 N–H and O–H groups in total. The number of benzene rings is 3. The van der Waals surface area contributed by atoms with Crippen LogP contribution in [0.15, 0.2) is 83.8 Å². The van der Waals surface area contributed by atoms with Gasteiger partial charge in [0.05, 0.1) is 41.7 Å². The zero-order chi connectivity index (χ0) is 35.7. The van der Waals surface area contributed by atoms with Crippen LogP contribution in [0.25, 0.3) is 22.6 Å². The number of fused-ring (bicyclic) bond motifs is 3. The minimum atomic E-state index is -4.19. The number of aliphatic hydroxyl groups is 1. The van der Waals surface area contributed by atoms with E-state index in [0.717, 1.165) is 16.5 Å². The maximum Gasteiger partial charge on any atom is 0.407 e. The number of nitrogens with zero attached hydrogens (tertiary/aromatic N) is 1. The van der Waals surface area contributed by atoms with Crippen molar-refractivity contribution in [1.29, 1.82) is 0 Å². The number of carbonyl (C=O) groups is 2. The minimum absolute atomic E-state index is 0.0188. The van der Waals surface area contributed by atoms with Crippen molar-refractivity contribution in [2.45, 2.75) is 56.1 Å². The lowest BCUT2D eigenvalue weighted by Crippen LogP contribution is -2.51. The first kappa shape index (κ1) is 34.9. The highest BCUT2D eigenvalue weighted by atomic mass is 32.2. The Kier molecular flexibility index (Phi) is 9.99. The van der Waals surface area contributed by atoms with Gasteiger partial charge in [0.15, 0.2) is 6.29 Å². The van der Waals surface area contributed by atoms with Crippen molar-refractivity contribution in [3.8, 4) is 0 Å². The van der Waals surface area contributed by atoms with Gasteiger partial charge >= 0.3 is 6.09 Å². The number of aromatic amines is 1. The summed E-state index contributed by atoms with van der Waals surface area (Å²) in [6.07, 6.45) is -0.240. The third-order valence-electron chi connectivity index (χ3n) is 9.53. The predicted octanol–water partition coefficient (Wildman–Crippen LogP) is 4.77. The quantitative estimate of drug-likeness (QED) is 0.153. The molecule has 3 aliphatic heterocycles. The lowest BCUT2D eigenvalue weighted by atomic mass is 10.0. The topological polar surface area (TPSA) is 159 Å².